The molecular weight excluding hydrogens is 398 g/mol. The highest BCUT2D eigenvalue weighted by Gasteiger charge is 2.28. The van der Waals surface area contributed by atoms with E-state index in [4.69, 9.17) is 42.6 Å². The van der Waals surface area contributed by atoms with Crippen molar-refractivity contribution in [1.82, 2.24) is 19.9 Å². The van der Waals surface area contributed by atoms with Crippen molar-refractivity contribution >= 4 is 17.8 Å². The lowest BCUT2D eigenvalue weighted by molar-refractivity contribution is 0.0398. The second-order valence-electron chi connectivity index (χ2n) is 8.96. The molecule has 0 aliphatic carbocycles. The summed E-state index contributed by atoms with van der Waals surface area (Å²) in [5.74, 6) is 1.74. The Labute approximate surface area is 183 Å². The fourth-order valence-electron chi connectivity index (χ4n) is 4.55. The maximum Gasteiger partial charge on any atom is 0.232 e. The molecule has 12 heteroatoms. The summed E-state index contributed by atoms with van der Waals surface area (Å²) in [5.41, 5.74) is 24.8. The maximum atomic E-state index is 6.20. The Morgan fingerprint density at radius 1 is 0.774 bits per heavy atom. The number of anilines is 3. The Kier molecular flexibility index (Phi) is 7.35. The van der Waals surface area contributed by atoms with E-state index in [0.717, 1.165) is 52.2 Å². The van der Waals surface area contributed by atoms with E-state index in [1.807, 2.05) is 0 Å². The molecule has 1 aromatic heterocycles. The molecule has 0 amide bonds. The summed E-state index contributed by atoms with van der Waals surface area (Å²) < 4.78 is 5.42. The van der Waals surface area contributed by atoms with Crippen LogP contribution in [0.3, 0.4) is 0 Å². The monoisotopic (exact) mass is 435 g/mol. The van der Waals surface area contributed by atoms with E-state index in [9.17, 15) is 0 Å². The molecule has 9 N–H and O–H groups in total. The zero-order chi connectivity index (χ0) is 21.8. The van der Waals surface area contributed by atoms with Crippen LogP contribution in [0.1, 0.15) is 12.8 Å². The number of hydrogen-bond acceptors (Lipinski definition) is 12. The third-order valence-corrected chi connectivity index (χ3v) is 6.02. The molecule has 4 rings (SSSR count). The van der Waals surface area contributed by atoms with E-state index in [2.05, 4.69) is 20.0 Å². The van der Waals surface area contributed by atoms with Crippen LogP contribution in [0, 0.1) is 0 Å². The molecule has 3 aliphatic rings. The smallest absolute Gasteiger partial charge is 0.232 e. The van der Waals surface area contributed by atoms with Crippen molar-refractivity contribution in [3.8, 4) is 0 Å². The highest BCUT2D eigenvalue weighted by atomic mass is 16.5. The summed E-state index contributed by atoms with van der Waals surface area (Å²) in [6.07, 6.45) is 1.60. The van der Waals surface area contributed by atoms with Crippen LogP contribution in [-0.2, 0) is 4.74 Å². The van der Waals surface area contributed by atoms with Gasteiger partial charge in [-0.3, -0.25) is 4.90 Å². The molecule has 3 fully saturated rings. The fraction of sp³-hybridized carbons (Fsp3) is 0.842. The van der Waals surface area contributed by atoms with E-state index in [1.165, 1.54) is 0 Å². The lowest BCUT2D eigenvalue weighted by Crippen LogP contribution is -2.54. The number of hydrogen-bond donors (Lipinski definition) is 5. The zero-order valence-electron chi connectivity index (χ0n) is 18.2. The highest BCUT2D eigenvalue weighted by Crippen LogP contribution is 2.22. The Bertz CT molecular complexity index is 652. The van der Waals surface area contributed by atoms with Crippen LogP contribution in [0.4, 0.5) is 17.8 Å². The number of morpholine rings is 1. The number of aromatic nitrogens is 3. The largest absolute Gasteiger partial charge is 0.379 e. The van der Waals surface area contributed by atoms with Crippen molar-refractivity contribution in [2.24, 2.45) is 22.9 Å². The van der Waals surface area contributed by atoms with Crippen molar-refractivity contribution in [3.63, 3.8) is 0 Å². The summed E-state index contributed by atoms with van der Waals surface area (Å²) in [4.78, 5) is 20.6. The summed E-state index contributed by atoms with van der Waals surface area (Å²) in [7, 11) is 0. The molecule has 31 heavy (non-hydrogen) atoms. The highest BCUT2D eigenvalue weighted by molar-refractivity contribution is 5.46. The number of nitrogens with one attached hydrogen (secondary N) is 1. The first-order chi connectivity index (χ1) is 15.0. The third-order valence-electron chi connectivity index (χ3n) is 6.02. The van der Waals surface area contributed by atoms with E-state index in [-0.39, 0.29) is 24.2 Å². The molecule has 0 radical (unpaired) electrons. The maximum absolute atomic E-state index is 6.20. The Morgan fingerprint density at radius 2 is 1.26 bits per heavy atom. The lowest BCUT2D eigenvalue weighted by atomic mass is 10.0. The first kappa shape index (κ1) is 22.4. The van der Waals surface area contributed by atoms with Crippen LogP contribution < -0.4 is 38.1 Å². The molecule has 4 heterocycles. The van der Waals surface area contributed by atoms with Gasteiger partial charge in [-0.1, -0.05) is 0 Å². The molecule has 0 aromatic carbocycles. The van der Waals surface area contributed by atoms with Gasteiger partial charge in [0.2, 0.25) is 17.8 Å². The van der Waals surface area contributed by atoms with Crippen molar-refractivity contribution < 1.29 is 4.74 Å². The molecular formula is C19H37N11O. The molecule has 0 unspecified atom stereocenters. The average Bonchev–Trinajstić information content (AvgIpc) is 2.73. The molecule has 0 spiro atoms. The second kappa shape index (κ2) is 10.2. The van der Waals surface area contributed by atoms with Gasteiger partial charge in [0.1, 0.15) is 0 Å². The number of nitrogens with two attached hydrogens (primary N) is 4. The van der Waals surface area contributed by atoms with Crippen molar-refractivity contribution in [2.45, 2.75) is 37.0 Å². The standard InChI is InChI=1S/C19H37N11O/c20-13-7-14(21)10-29(9-13)18-25-17(24-1-2-28-3-5-31-6-4-28)26-19(27-18)30-11-15(22)8-16(23)12-30/h13-16H,1-12,20-23H2,(H,24,25,26,27)/t13-,14+,15-,16+. The second-order valence-corrected chi connectivity index (χ2v) is 8.96. The van der Waals surface area contributed by atoms with Gasteiger partial charge in [0.15, 0.2) is 0 Å². The zero-order valence-corrected chi connectivity index (χ0v) is 18.2. The van der Waals surface area contributed by atoms with Gasteiger partial charge in [0, 0.05) is 76.5 Å². The van der Waals surface area contributed by atoms with Gasteiger partial charge in [-0.05, 0) is 12.8 Å². The molecule has 0 saturated carbocycles. The number of rotatable bonds is 6. The van der Waals surface area contributed by atoms with Crippen molar-refractivity contribution in [2.75, 3.05) is 80.7 Å². The number of nitrogens with zero attached hydrogens (tertiary/aromatic N) is 6. The molecule has 4 atom stereocenters. The topological polar surface area (TPSA) is 174 Å². The molecule has 174 valence electrons. The van der Waals surface area contributed by atoms with Gasteiger partial charge in [0.25, 0.3) is 0 Å². The summed E-state index contributed by atoms with van der Waals surface area (Å²) in [6.45, 7) is 7.78. The van der Waals surface area contributed by atoms with E-state index >= 15 is 0 Å². The number of piperidine rings is 2. The predicted octanol–water partition coefficient (Wildman–Crippen LogP) is -2.65. The van der Waals surface area contributed by atoms with Crippen molar-refractivity contribution in [3.05, 3.63) is 0 Å². The Balaban J connectivity index is 1.51. The fourth-order valence-corrected chi connectivity index (χ4v) is 4.55. The van der Waals surface area contributed by atoms with Gasteiger partial charge in [0.05, 0.1) is 13.2 Å². The summed E-state index contributed by atoms with van der Waals surface area (Å²) in [5, 5.41) is 3.37. The quantitative estimate of drug-likeness (QED) is 0.314. The minimum atomic E-state index is -0.00136. The Morgan fingerprint density at radius 3 is 1.74 bits per heavy atom. The molecule has 3 aliphatic heterocycles. The van der Waals surface area contributed by atoms with Gasteiger partial charge in [-0.2, -0.15) is 15.0 Å². The Hall–Kier alpha value is -1.83. The number of ether oxygens (including phenoxy) is 1. The third kappa shape index (κ3) is 6.11. The van der Waals surface area contributed by atoms with Crippen LogP contribution in [0.5, 0.6) is 0 Å². The van der Waals surface area contributed by atoms with Crippen LogP contribution in [0.25, 0.3) is 0 Å². The van der Waals surface area contributed by atoms with E-state index in [1.54, 1.807) is 0 Å². The van der Waals surface area contributed by atoms with Crippen LogP contribution in [0.2, 0.25) is 0 Å². The average molecular weight is 436 g/mol. The first-order valence-corrected chi connectivity index (χ1v) is 11.3. The normalized spacial score (nSPS) is 30.5. The van der Waals surface area contributed by atoms with Gasteiger partial charge < -0.3 is 42.8 Å². The minimum absolute atomic E-state index is 0.00136. The SMILES string of the molecule is N[C@@H]1C[C@H](N)CN(c2nc(NCCN3CCOCC3)nc(N3C[C@H](N)C[C@H](N)C3)n2)C1. The van der Waals surface area contributed by atoms with E-state index in [0.29, 0.717) is 44.0 Å². The summed E-state index contributed by atoms with van der Waals surface area (Å²) in [6, 6.07) is -0.00546. The molecule has 0 bridgehead atoms. The molecule has 1 aromatic rings. The predicted molar refractivity (Wildman–Crippen MR) is 121 cm³/mol. The summed E-state index contributed by atoms with van der Waals surface area (Å²) >= 11 is 0. The van der Waals surface area contributed by atoms with Crippen LogP contribution >= 0.6 is 0 Å². The molecule has 12 nitrogen and oxygen atoms in total. The lowest BCUT2D eigenvalue weighted by Gasteiger charge is -2.37. The van der Waals surface area contributed by atoms with Crippen LogP contribution in [0.15, 0.2) is 0 Å². The van der Waals surface area contributed by atoms with Gasteiger partial charge in [-0.15, -0.1) is 0 Å². The minimum Gasteiger partial charge on any atom is -0.379 e. The van der Waals surface area contributed by atoms with Crippen molar-refractivity contribution in [1.29, 1.82) is 0 Å². The van der Waals surface area contributed by atoms with E-state index < -0.39 is 0 Å². The molecule has 3 saturated heterocycles. The van der Waals surface area contributed by atoms with Crippen LogP contribution in [-0.4, -0.2) is 110 Å². The first-order valence-electron chi connectivity index (χ1n) is 11.3. The van der Waals surface area contributed by atoms with Gasteiger partial charge in [-0.25, -0.2) is 0 Å². The van der Waals surface area contributed by atoms with Gasteiger partial charge >= 0.3 is 0 Å².